The van der Waals surface area contributed by atoms with Crippen LogP contribution in [0.5, 0.6) is 5.75 Å². The molecule has 0 radical (unpaired) electrons. The lowest BCUT2D eigenvalue weighted by Crippen LogP contribution is -2.58. The van der Waals surface area contributed by atoms with Gasteiger partial charge in [-0.2, -0.15) is 4.98 Å². The van der Waals surface area contributed by atoms with Crippen LogP contribution in [0.4, 0.5) is 19.0 Å². The number of rotatable bonds is 7. The predicted octanol–water partition coefficient (Wildman–Crippen LogP) is 5.16. The number of alkyl halides is 3. The quantitative estimate of drug-likeness (QED) is 0.294. The van der Waals surface area contributed by atoms with Gasteiger partial charge in [0.05, 0.1) is 12.6 Å². The number of piperazine rings is 1. The van der Waals surface area contributed by atoms with Crippen LogP contribution in [0.25, 0.3) is 16.9 Å². The van der Waals surface area contributed by atoms with Crippen molar-refractivity contribution in [1.29, 1.82) is 0 Å². The summed E-state index contributed by atoms with van der Waals surface area (Å²) in [6, 6.07) is 6.50. The van der Waals surface area contributed by atoms with Crippen LogP contribution in [0, 0.1) is 12.8 Å². The van der Waals surface area contributed by atoms with Gasteiger partial charge in [0.1, 0.15) is 23.4 Å². The zero-order chi connectivity index (χ0) is 29.8. The topological polar surface area (TPSA) is 85.8 Å². The first kappa shape index (κ1) is 28.7. The molecule has 3 aromatic heterocycles. The van der Waals surface area contributed by atoms with Crippen LogP contribution >= 0.6 is 0 Å². The largest absolute Gasteiger partial charge is 0.573 e. The average Bonchev–Trinajstić information content (AvgIpc) is 3.67. The zero-order valence-corrected chi connectivity index (χ0v) is 24.5. The van der Waals surface area contributed by atoms with Gasteiger partial charge in [-0.05, 0) is 57.2 Å². The highest BCUT2D eigenvalue weighted by Crippen LogP contribution is 2.37. The van der Waals surface area contributed by atoms with Crippen molar-refractivity contribution in [3.63, 3.8) is 0 Å². The number of aromatic nitrogens is 6. The van der Waals surface area contributed by atoms with Crippen molar-refractivity contribution < 1.29 is 22.6 Å². The number of benzene rings is 1. The monoisotopic (exact) mass is 586 g/mol. The molecule has 4 aromatic rings. The maximum absolute atomic E-state index is 12.7. The second-order valence-corrected chi connectivity index (χ2v) is 11.9. The molecule has 2 aliphatic rings. The summed E-state index contributed by atoms with van der Waals surface area (Å²) < 4.78 is 52.3. The molecule has 0 bridgehead atoms. The summed E-state index contributed by atoms with van der Waals surface area (Å²) in [6.07, 6.45) is -0.799. The van der Waals surface area contributed by atoms with E-state index >= 15 is 0 Å². The molecule has 1 aromatic carbocycles. The van der Waals surface area contributed by atoms with Crippen LogP contribution < -0.4 is 9.64 Å². The maximum Gasteiger partial charge on any atom is 0.573 e. The predicted molar refractivity (Wildman–Crippen MR) is 151 cm³/mol. The number of hydrogen-bond donors (Lipinski definition) is 0. The Morgan fingerprint density at radius 1 is 1.07 bits per heavy atom. The average molecular weight is 587 g/mol. The Kier molecular flexibility index (Phi) is 7.50. The molecule has 4 atom stereocenters. The molecule has 2 saturated heterocycles. The van der Waals surface area contributed by atoms with E-state index in [0.717, 1.165) is 54.4 Å². The van der Waals surface area contributed by atoms with Crippen molar-refractivity contribution in [3.8, 4) is 5.75 Å². The van der Waals surface area contributed by atoms with Crippen LogP contribution in [-0.2, 0) is 11.3 Å². The van der Waals surface area contributed by atoms with E-state index in [1.54, 1.807) is 18.5 Å². The van der Waals surface area contributed by atoms with Gasteiger partial charge in [-0.25, -0.2) is 9.38 Å². The standard InChI is InChI=1S/C29H37F3N8O2/c1-17(2)25(21-8-10-22(11-9-21)42-29(30,31)32)37-13-19(4)38(14-18(37)3)26-24-27(40-16-33-36-28(40)35-26)39(20(5)34-24)15-23-7-6-12-41-23/h8-11,16-19,23,25H,6-7,12-15H2,1-5H3/t18-,19+,23+,25?/m1/s1. The first-order valence-corrected chi connectivity index (χ1v) is 14.6. The Balaban J connectivity index is 1.31. The van der Waals surface area contributed by atoms with Crippen LogP contribution in [0.1, 0.15) is 58.0 Å². The minimum absolute atomic E-state index is 0.0179. The van der Waals surface area contributed by atoms with Gasteiger partial charge in [0.15, 0.2) is 11.5 Å². The second kappa shape index (κ2) is 11.0. The Morgan fingerprint density at radius 2 is 1.83 bits per heavy atom. The minimum atomic E-state index is -4.72. The van der Waals surface area contributed by atoms with E-state index in [0.29, 0.717) is 18.9 Å². The molecule has 10 nitrogen and oxygen atoms in total. The Labute approximate surface area is 242 Å². The van der Waals surface area contributed by atoms with Crippen molar-refractivity contribution >= 4 is 22.8 Å². The molecular formula is C29H37F3N8O2. The van der Waals surface area contributed by atoms with E-state index in [9.17, 15) is 13.2 Å². The fraction of sp³-hybridized carbons (Fsp3) is 0.586. The van der Waals surface area contributed by atoms with Crippen LogP contribution in [0.3, 0.4) is 0 Å². The van der Waals surface area contributed by atoms with Crippen molar-refractivity contribution in [2.24, 2.45) is 5.92 Å². The van der Waals surface area contributed by atoms with Crippen molar-refractivity contribution in [2.75, 3.05) is 24.6 Å². The maximum atomic E-state index is 12.7. The van der Waals surface area contributed by atoms with E-state index in [1.165, 1.54) is 12.1 Å². The van der Waals surface area contributed by atoms with Crippen LogP contribution in [0.15, 0.2) is 30.6 Å². The van der Waals surface area contributed by atoms with Crippen molar-refractivity contribution in [2.45, 2.75) is 84.6 Å². The smallest absolute Gasteiger partial charge is 0.406 e. The molecule has 13 heteroatoms. The molecule has 0 spiro atoms. The Bertz CT molecular complexity index is 1540. The number of anilines is 1. The first-order valence-electron chi connectivity index (χ1n) is 14.6. The lowest BCUT2D eigenvalue weighted by molar-refractivity contribution is -0.274. The third kappa shape index (κ3) is 5.39. The summed E-state index contributed by atoms with van der Waals surface area (Å²) in [4.78, 5) is 14.7. The van der Waals surface area contributed by atoms with E-state index in [4.69, 9.17) is 14.7 Å². The summed E-state index contributed by atoms with van der Waals surface area (Å²) in [5.74, 6) is 2.21. The summed E-state index contributed by atoms with van der Waals surface area (Å²) in [7, 11) is 0. The Morgan fingerprint density at radius 3 is 2.50 bits per heavy atom. The fourth-order valence-corrected chi connectivity index (χ4v) is 6.62. The molecule has 6 rings (SSSR count). The van der Waals surface area contributed by atoms with Crippen LogP contribution in [-0.4, -0.2) is 78.3 Å². The lowest BCUT2D eigenvalue weighted by Gasteiger charge is -2.49. The SMILES string of the molecule is Cc1nc2c(N3C[C@@H](C)N(C(c4ccc(OC(F)(F)F)cc4)C(C)C)C[C@@H]3C)nc3nncn3c2n1C[C@@H]1CCCO1. The highest BCUT2D eigenvalue weighted by molar-refractivity contribution is 5.87. The minimum Gasteiger partial charge on any atom is -0.406 e. The number of fused-ring (bicyclic) bond motifs is 3. The van der Waals surface area contributed by atoms with Crippen molar-refractivity contribution in [1.82, 2.24) is 34.0 Å². The Hall–Kier alpha value is -3.45. The van der Waals surface area contributed by atoms with Gasteiger partial charge >= 0.3 is 6.36 Å². The van der Waals surface area contributed by atoms with E-state index < -0.39 is 6.36 Å². The van der Waals surface area contributed by atoms with E-state index in [2.05, 4.69) is 57.0 Å². The molecule has 0 saturated carbocycles. The molecule has 42 heavy (non-hydrogen) atoms. The number of imidazole rings is 1. The molecular weight excluding hydrogens is 549 g/mol. The van der Waals surface area contributed by atoms with Gasteiger partial charge in [0, 0.05) is 37.8 Å². The highest BCUT2D eigenvalue weighted by Gasteiger charge is 2.38. The molecule has 2 fully saturated rings. The molecule has 5 heterocycles. The highest BCUT2D eigenvalue weighted by atomic mass is 19.4. The molecule has 226 valence electrons. The van der Waals surface area contributed by atoms with Gasteiger partial charge < -0.3 is 18.9 Å². The van der Waals surface area contributed by atoms with Crippen LogP contribution in [0.2, 0.25) is 0 Å². The number of halogens is 3. The summed E-state index contributed by atoms with van der Waals surface area (Å²) >= 11 is 0. The number of aryl methyl sites for hydroxylation is 1. The van der Waals surface area contributed by atoms with Gasteiger partial charge in [0.25, 0.3) is 5.78 Å². The third-order valence-electron chi connectivity index (χ3n) is 8.47. The third-order valence-corrected chi connectivity index (χ3v) is 8.47. The lowest BCUT2D eigenvalue weighted by atomic mass is 9.91. The number of nitrogens with zero attached hydrogens (tertiary/aromatic N) is 8. The number of ether oxygens (including phenoxy) is 2. The van der Waals surface area contributed by atoms with Crippen molar-refractivity contribution in [3.05, 3.63) is 42.0 Å². The first-order chi connectivity index (χ1) is 20.0. The normalized spacial score (nSPS) is 23.0. The number of hydrogen-bond acceptors (Lipinski definition) is 8. The van der Waals surface area contributed by atoms with E-state index in [1.807, 2.05) is 11.3 Å². The zero-order valence-electron chi connectivity index (χ0n) is 24.5. The van der Waals surface area contributed by atoms with E-state index in [-0.39, 0.29) is 35.9 Å². The van der Waals surface area contributed by atoms with Gasteiger partial charge in [-0.15, -0.1) is 23.4 Å². The van der Waals surface area contributed by atoms with Gasteiger partial charge in [-0.3, -0.25) is 4.90 Å². The fourth-order valence-electron chi connectivity index (χ4n) is 6.62. The summed E-state index contributed by atoms with van der Waals surface area (Å²) in [5.41, 5.74) is 2.68. The second-order valence-electron chi connectivity index (χ2n) is 11.9. The van der Waals surface area contributed by atoms with Gasteiger partial charge in [-0.1, -0.05) is 26.0 Å². The van der Waals surface area contributed by atoms with Gasteiger partial charge in [0.2, 0.25) is 0 Å². The molecule has 0 aliphatic carbocycles. The molecule has 0 N–H and O–H groups in total. The summed E-state index contributed by atoms with van der Waals surface area (Å²) in [5, 5.41) is 8.45. The molecule has 1 unspecified atom stereocenters. The molecule has 2 aliphatic heterocycles. The molecule has 0 amide bonds. The summed E-state index contributed by atoms with van der Waals surface area (Å²) in [6.45, 7) is 13.6.